The number of aromatic nitrogens is 1. The van der Waals surface area contributed by atoms with Crippen molar-refractivity contribution < 1.29 is 19.5 Å². The van der Waals surface area contributed by atoms with Crippen molar-refractivity contribution in [3.05, 3.63) is 22.5 Å². The van der Waals surface area contributed by atoms with Gasteiger partial charge in [0.25, 0.3) is 5.91 Å². The molecule has 0 aliphatic carbocycles. The number of carbonyl (C=O) groups is 2. The minimum Gasteiger partial charge on any atom is -0.478 e. The number of aromatic amines is 1. The monoisotopic (exact) mass is 293 g/mol. The van der Waals surface area contributed by atoms with Crippen LogP contribution < -0.4 is 5.32 Å². The number of aryl methyl sites for hydroxylation is 1. The van der Waals surface area contributed by atoms with E-state index < -0.39 is 5.97 Å². The van der Waals surface area contributed by atoms with Crippen molar-refractivity contribution in [1.82, 2.24) is 10.3 Å². The summed E-state index contributed by atoms with van der Waals surface area (Å²) in [5.41, 5.74) is 2.32. The summed E-state index contributed by atoms with van der Waals surface area (Å²) in [5, 5.41) is 15.8. The molecule has 2 rings (SSSR count). The molecule has 0 saturated heterocycles. The standard InChI is InChI=1S/C14H19N3O4/c1-4-9-5-10(21-17-9)6-15-13(18)12-7(2)11(14(19)20)8(3)16-12/h10,16H,4-6H2,1-3H3,(H,15,18)(H,19,20)/t10-/m1/s1. The van der Waals surface area contributed by atoms with E-state index in [9.17, 15) is 9.59 Å². The van der Waals surface area contributed by atoms with Crippen LogP contribution in [-0.4, -0.2) is 40.3 Å². The van der Waals surface area contributed by atoms with E-state index in [1.54, 1.807) is 13.8 Å². The fourth-order valence-corrected chi connectivity index (χ4v) is 2.40. The summed E-state index contributed by atoms with van der Waals surface area (Å²) in [7, 11) is 0. The number of oxime groups is 1. The molecule has 3 N–H and O–H groups in total. The number of hydrogen-bond donors (Lipinski definition) is 3. The molecule has 0 aromatic carbocycles. The van der Waals surface area contributed by atoms with Crippen LogP contribution in [0.2, 0.25) is 0 Å². The number of carboxylic acid groups (broad SMARTS) is 1. The Kier molecular flexibility index (Phi) is 4.30. The molecule has 114 valence electrons. The molecule has 0 bridgehead atoms. The van der Waals surface area contributed by atoms with Gasteiger partial charge in [0.1, 0.15) is 11.8 Å². The van der Waals surface area contributed by atoms with E-state index in [1.165, 1.54) is 0 Å². The summed E-state index contributed by atoms with van der Waals surface area (Å²) >= 11 is 0. The number of H-pyrrole nitrogens is 1. The molecule has 0 radical (unpaired) electrons. The normalized spacial score (nSPS) is 17.3. The van der Waals surface area contributed by atoms with Gasteiger partial charge < -0.3 is 20.2 Å². The van der Waals surface area contributed by atoms with Gasteiger partial charge in [-0.15, -0.1) is 0 Å². The molecule has 0 saturated carbocycles. The Morgan fingerprint density at radius 1 is 1.48 bits per heavy atom. The molecule has 1 aliphatic heterocycles. The smallest absolute Gasteiger partial charge is 0.337 e. The number of hydrogen-bond acceptors (Lipinski definition) is 4. The maximum absolute atomic E-state index is 12.1. The van der Waals surface area contributed by atoms with Gasteiger partial charge in [0, 0.05) is 12.1 Å². The second kappa shape index (κ2) is 5.99. The highest BCUT2D eigenvalue weighted by atomic mass is 16.6. The summed E-state index contributed by atoms with van der Waals surface area (Å²) in [6.07, 6.45) is 1.39. The van der Waals surface area contributed by atoms with E-state index in [-0.39, 0.29) is 23.3 Å². The largest absolute Gasteiger partial charge is 0.478 e. The van der Waals surface area contributed by atoms with Gasteiger partial charge in [-0.25, -0.2) is 4.79 Å². The van der Waals surface area contributed by atoms with Gasteiger partial charge in [0.15, 0.2) is 0 Å². The molecule has 1 aromatic rings. The maximum Gasteiger partial charge on any atom is 0.337 e. The highest BCUT2D eigenvalue weighted by Gasteiger charge is 2.24. The molecule has 0 spiro atoms. The topological polar surface area (TPSA) is 104 Å². The van der Waals surface area contributed by atoms with Gasteiger partial charge in [-0.1, -0.05) is 12.1 Å². The SMILES string of the molecule is CCC1=NO[C@@H](CNC(=O)c2[nH]c(C)c(C(=O)O)c2C)C1. The van der Waals surface area contributed by atoms with E-state index in [0.717, 1.165) is 12.1 Å². The quantitative estimate of drug-likeness (QED) is 0.767. The predicted molar refractivity (Wildman–Crippen MR) is 76.8 cm³/mol. The third-order valence-electron chi connectivity index (χ3n) is 3.57. The lowest BCUT2D eigenvalue weighted by molar-refractivity contribution is 0.0695. The lowest BCUT2D eigenvalue weighted by atomic mass is 10.1. The first-order valence-corrected chi connectivity index (χ1v) is 6.86. The minimum absolute atomic E-state index is 0.147. The van der Waals surface area contributed by atoms with Crippen molar-refractivity contribution in [2.24, 2.45) is 5.16 Å². The van der Waals surface area contributed by atoms with E-state index in [1.807, 2.05) is 6.92 Å². The molecular formula is C14H19N3O4. The zero-order valence-electron chi connectivity index (χ0n) is 12.3. The Labute approximate surface area is 122 Å². The van der Waals surface area contributed by atoms with E-state index in [2.05, 4.69) is 15.5 Å². The third-order valence-corrected chi connectivity index (χ3v) is 3.57. The fraction of sp³-hybridized carbons (Fsp3) is 0.500. The number of nitrogens with zero attached hydrogens (tertiary/aromatic N) is 1. The third kappa shape index (κ3) is 3.07. The van der Waals surface area contributed by atoms with Crippen LogP contribution in [0.1, 0.15) is 51.9 Å². The van der Waals surface area contributed by atoms with E-state index in [4.69, 9.17) is 9.94 Å². The van der Waals surface area contributed by atoms with Crippen LogP contribution in [-0.2, 0) is 4.84 Å². The van der Waals surface area contributed by atoms with Crippen LogP contribution in [0.3, 0.4) is 0 Å². The number of carboxylic acids is 1. The second-order valence-electron chi connectivity index (χ2n) is 5.08. The second-order valence-corrected chi connectivity index (χ2v) is 5.08. The summed E-state index contributed by atoms with van der Waals surface area (Å²) in [6, 6.07) is 0. The lowest BCUT2D eigenvalue weighted by Crippen LogP contribution is -2.32. The van der Waals surface area contributed by atoms with Gasteiger partial charge in [0.2, 0.25) is 0 Å². The van der Waals surface area contributed by atoms with Crippen LogP contribution in [0.4, 0.5) is 0 Å². The molecule has 1 amide bonds. The Hall–Kier alpha value is -2.31. The molecule has 1 atom stereocenters. The fourth-order valence-electron chi connectivity index (χ4n) is 2.40. The van der Waals surface area contributed by atoms with Crippen LogP contribution >= 0.6 is 0 Å². The maximum atomic E-state index is 12.1. The lowest BCUT2D eigenvalue weighted by Gasteiger charge is -2.09. The molecule has 1 aromatic heterocycles. The summed E-state index contributed by atoms with van der Waals surface area (Å²) in [6.45, 7) is 5.59. The highest BCUT2D eigenvalue weighted by Crippen LogP contribution is 2.18. The van der Waals surface area contributed by atoms with Crippen LogP contribution in [0.15, 0.2) is 5.16 Å². The van der Waals surface area contributed by atoms with Crippen molar-refractivity contribution in [1.29, 1.82) is 0 Å². The first kappa shape index (κ1) is 15.1. The van der Waals surface area contributed by atoms with Crippen molar-refractivity contribution in [2.75, 3.05) is 6.54 Å². The average molecular weight is 293 g/mol. The van der Waals surface area contributed by atoms with Crippen molar-refractivity contribution in [2.45, 2.75) is 39.7 Å². The van der Waals surface area contributed by atoms with Crippen LogP contribution in [0, 0.1) is 13.8 Å². The molecule has 21 heavy (non-hydrogen) atoms. The van der Waals surface area contributed by atoms with Gasteiger partial charge >= 0.3 is 5.97 Å². The summed E-state index contributed by atoms with van der Waals surface area (Å²) < 4.78 is 0. The van der Waals surface area contributed by atoms with Crippen LogP contribution in [0.25, 0.3) is 0 Å². The van der Waals surface area contributed by atoms with Gasteiger partial charge in [-0.3, -0.25) is 4.79 Å². The van der Waals surface area contributed by atoms with Crippen molar-refractivity contribution >= 4 is 17.6 Å². The first-order chi connectivity index (χ1) is 9.93. The molecule has 7 heteroatoms. The van der Waals surface area contributed by atoms with Gasteiger partial charge in [0.05, 0.1) is 17.8 Å². The molecule has 7 nitrogen and oxygen atoms in total. The Morgan fingerprint density at radius 3 is 2.71 bits per heavy atom. The Bertz CT molecular complexity index is 604. The summed E-state index contributed by atoms with van der Waals surface area (Å²) in [5.74, 6) is -1.38. The highest BCUT2D eigenvalue weighted by molar-refractivity contribution is 6.00. The van der Waals surface area contributed by atoms with E-state index in [0.29, 0.717) is 24.2 Å². The van der Waals surface area contributed by atoms with Crippen LogP contribution in [0.5, 0.6) is 0 Å². The molecule has 2 heterocycles. The molecule has 0 unspecified atom stereocenters. The molecule has 1 aliphatic rings. The average Bonchev–Trinajstić information content (AvgIpc) is 3.00. The number of amides is 1. The van der Waals surface area contributed by atoms with E-state index >= 15 is 0 Å². The number of aromatic carboxylic acids is 1. The minimum atomic E-state index is -1.04. The molecule has 0 fully saturated rings. The Morgan fingerprint density at radius 2 is 2.19 bits per heavy atom. The number of carbonyl (C=O) groups excluding carboxylic acids is 1. The summed E-state index contributed by atoms with van der Waals surface area (Å²) in [4.78, 5) is 31.3. The predicted octanol–water partition coefficient (Wildman–Crippen LogP) is 1.61. The number of rotatable bonds is 5. The number of nitrogens with one attached hydrogen (secondary N) is 2. The molecular weight excluding hydrogens is 274 g/mol. The van der Waals surface area contributed by atoms with Gasteiger partial charge in [-0.05, 0) is 25.8 Å². The first-order valence-electron chi connectivity index (χ1n) is 6.86. The Balaban J connectivity index is 1.99. The zero-order valence-corrected chi connectivity index (χ0v) is 12.3. The zero-order chi connectivity index (χ0) is 15.6. The van der Waals surface area contributed by atoms with Gasteiger partial charge in [-0.2, -0.15) is 0 Å². The van der Waals surface area contributed by atoms with Crippen molar-refractivity contribution in [3.8, 4) is 0 Å². The van der Waals surface area contributed by atoms with Crippen molar-refractivity contribution in [3.63, 3.8) is 0 Å².